The molecule has 1 aliphatic heterocycles. The smallest absolute Gasteiger partial charge is 0.242 e. The zero-order valence-electron chi connectivity index (χ0n) is 19.9. The molecule has 4 aromatic rings. The molecule has 1 fully saturated rings. The van der Waals surface area contributed by atoms with Crippen molar-refractivity contribution in [2.75, 3.05) is 6.54 Å². The molecule has 0 radical (unpaired) electrons. The van der Waals surface area contributed by atoms with E-state index >= 15 is 0 Å². The third kappa shape index (κ3) is 5.74. The summed E-state index contributed by atoms with van der Waals surface area (Å²) in [7, 11) is 0. The van der Waals surface area contributed by atoms with Crippen molar-refractivity contribution in [1.82, 2.24) is 14.7 Å². The zero-order valence-corrected chi connectivity index (χ0v) is 21.5. The number of amidine groups is 1. The molecule has 8 heteroatoms. The van der Waals surface area contributed by atoms with E-state index < -0.39 is 0 Å². The van der Waals surface area contributed by atoms with Crippen LogP contribution in [0.2, 0.25) is 5.02 Å². The maximum Gasteiger partial charge on any atom is 0.242 e. The van der Waals surface area contributed by atoms with Crippen LogP contribution in [-0.4, -0.2) is 43.8 Å². The lowest BCUT2D eigenvalue weighted by Gasteiger charge is -2.12. The monoisotopic (exact) mass is 525 g/mol. The number of thioether (sulfide) groups is 1. The average molecular weight is 526 g/mol. The van der Waals surface area contributed by atoms with Crippen LogP contribution in [0, 0.1) is 0 Å². The highest BCUT2D eigenvalue weighted by molar-refractivity contribution is 8.15. The first kappa shape index (κ1) is 24.7. The van der Waals surface area contributed by atoms with Crippen molar-refractivity contribution in [3.63, 3.8) is 0 Å². The highest BCUT2D eigenvalue weighted by atomic mass is 35.5. The van der Waals surface area contributed by atoms with Crippen molar-refractivity contribution in [1.29, 1.82) is 0 Å². The van der Waals surface area contributed by atoms with Gasteiger partial charge in [0, 0.05) is 28.9 Å². The maximum absolute atomic E-state index is 13.1. The molecule has 1 atom stereocenters. The number of carbonyl (C=O) groups excluding carboxylic acids is 1. The Morgan fingerprint density at radius 3 is 2.51 bits per heavy atom. The van der Waals surface area contributed by atoms with Crippen LogP contribution in [0.3, 0.4) is 0 Å². The number of para-hydroxylation sites is 1. The fraction of sp³-hybridized carbons (Fsp3) is 0.103. The lowest BCUT2D eigenvalue weighted by molar-refractivity contribution is -0.125. The van der Waals surface area contributed by atoms with Gasteiger partial charge in [-0.1, -0.05) is 90.1 Å². The van der Waals surface area contributed by atoms with E-state index in [1.165, 1.54) is 11.8 Å². The molecule has 2 heterocycles. The molecule has 1 aromatic heterocycles. The molecule has 1 aliphatic rings. The van der Waals surface area contributed by atoms with Gasteiger partial charge < -0.3 is 0 Å². The van der Waals surface area contributed by atoms with Crippen molar-refractivity contribution in [2.24, 2.45) is 10.2 Å². The first-order valence-corrected chi connectivity index (χ1v) is 13.0. The minimum Gasteiger partial charge on any atom is -0.285 e. The molecule has 0 spiro atoms. The summed E-state index contributed by atoms with van der Waals surface area (Å²) in [5.74, 6) is -0.0132. The Balaban J connectivity index is 1.43. The standard InChI is InChI=1S/C29H24ClN5OS/c1-2-16-34-28(36)26(18-21-10-9-13-24(30)17-21)37-29(34)32-31-19-23-20-35(25-14-7-4-8-15-25)33-27(23)22-11-5-3-6-12-22/h2-15,17,19-20,26H,1,16,18H2. The van der Waals surface area contributed by atoms with E-state index in [0.717, 1.165) is 28.1 Å². The fourth-order valence-corrected chi connectivity index (χ4v) is 5.40. The van der Waals surface area contributed by atoms with E-state index in [1.54, 1.807) is 17.2 Å². The predicted molar refractivity (Wildman–Crippen MR) is 152 cm³/mol. The van der Waals surface area contributed by atoms with Gasteiger partial charge in [-0.15, -0.1) is 11.7 Å². The number of hydrogen-bond donors (Lipinski definition) is 0. The molecule has 184 valence electrons. The van der Waals surface area contributed by atoms with Gasteiger partial charge in [0.2, 0.25) is 5.91 Å². The van der Waals surface area contributed by atoms with E-state index in [9.17, 15) is 4.79 Å². The summed E-state index contributed by atoms with van der Waals surface area (Å²) in [5, 5.41) is 14.5. The van der Waals surface area contributed by atoms with Crippen LogP contribution in [0.25, 0.3) is 16.9 Å². The van der Waals surface area contributed by atoms with E-state index in [2.05, 4.69) is 16.8 Å². The summed E-state index contributed by atoms with van der Waals surface area (Å²) in [4.78, 5) is 14.7. The predicted octanol–water partition coefficient (Wildman–Crippen LogP) is 6.26. The molecule has 0 saturated carbocycles. The molecule has 0 aliphatic carbocycles. The first-order chi connectivity index (χ1) is 18.1. The molecule has 6 nitrogen and oxygen atoms in total. The van der Waals surface area contributed by atoms with Gasteiger partial charge in [-0.3, -0.25) is 9.69 Å². The topological polar surface area (TPSA) is 62.9 Å². The van der Waals surface area contributed by atoms with Gasteiger partial charge in [0.15, 0.2) is 5.17 Å². The Kier molecular flexibility index (Phi) is 7.63. The zero-order chi connectivity index (χ0) is 25.6. The van der Waals surface area contributed by atoms with E-state index in [4.69, 9.17) is 16.7 Å². The number of benzene rings is 3. The van der Waals surface area contributed by atoms with Crippen molar-refractivity contribution in [2.45, 2.75) is 11.7 Å². The van der Waals surface area contributed by atoms with E-state index in [-0.39, 0.29) is 11.2 Å². The minimum atomic E-state index is -0.298. The Labute approximate surface area is 225 Å². The van der Waals surface area contributed by atoms with Crippen LogP contribution in [-0.2, 0) is 11.2 Å². The van der Waals surface area contributed by atoms with Gasteiger partial charge in [0.1, 0.15) is 5.69 Å². The highest BCUT2D eigenvalue weighted by Crippen LogP contribution is 2.30. The molecule has 0 bridgehead atoms. The van der Waals surface area contributed by atoms with Gasteiger partial charge in [-0.25, -0.2) is 4.68 Å². The van der Waals surface area contributed by atoms with Gasteiger partial charge in [0.25, 0.3) is 0 Å². The van der Waals surface area contributed by atoms with Crippen molar-refractivity contribution in [3.8, 4) is 16.9 Å². The first-order valence-electron chi connectivity index (χ1n) is 11.8. The Morgan fingerprint density at radius 2 is 1.78 bits per heavy atom. The lowest BCUT2D eigenvalue weighted by atomic mass is 10.1. The second kappa shape index (κ2) is 11.4. The Morgan fingerprint density at radius 1 is 1.03 bits per heavy atom. The molecule has 1 unspecified atom stereocenters. The fourth-order valence-electron chi connectivity index (χ4n) is 4.05. The Bertz CT molecular complexity index is 1470. The number of hydrogen-bond acceptors (Lipinski definition) is 5. The largest absolute Gasteiger partial charge is 0.285 e. The quantitative estimate of drug-likeness (QED) is 0.155. The van der Waals surface area contributed by atoms with E-state index in [1.807, 2.05) is 95.8 Å². The van der Waals surface area contributed by atoms with Gasteiger partial charge in [-0.05, 0) is 36.2 Å². The maximum atomic E-state index is 13.1. The summed E-state index contributed by atoms with van der Waals surface area (Å²) in [6.07, 6.45) is 5.86. The van der Waals surface area contributed by atoms with Crippen LogP contribution in [0.15, 0.2) is 114 Å². The Hall–Kier alpha value is -3.94. The third-order valence-electron chi connectivity index (χ3n) is 5.79. The van der Waals surface area contributed by atoms with Crippen molar-refractivity contribution < 1.29 is 4.79 Å². The average Bonchev–Trinajstić information content (AvgIpc) is 3.47. The highest BCUT2D eigenvalue weighted by Gasteiger charge is 2.37. The second-order valence-corrected chi connectivity index (χ2v) is 9.99. The number of nitrogens with zero attached hydrogens (tertiary/aromatic N) is 5. The minimum absolute atomic E-state index is 0.0132. The molecule has 5 rings (SSSR count). The van der Waals surface area contributed by atoms with Crippen LogP contribution in [0.5, 0.6) is 0 Å². The molecule has 1 saturated heterocycles. The number of aromatic nitrogens is 2. The third-order valence-corrected chi connectivity index (χ3v) is 7.19. The van der Waals surface area contributed by atoms with Crippen molar-refractivity contribution in [3.05, 3.63) is 120 Å². The summed E-state index contributed by atoms with van der Waals surface area (Å²) in [6, 6.07) is 27.4. The normalized spacial score (nSPS) is 16.7. The van der Waals surface area contributed by atoms with Gasteiger partial charge >= 0.3 is 0 Å². The van der Waals surface area contributed by atoms with Crippen LogP contribution in [0.4, 0.5) is 0 Å². The van der Waals surface area contributed by atoms with Crippen LogP contribution < -0.4 is 0 Å². The number of rotatable bonds is 8. The number of amides is 1. The van der Waals surface area contributed by atoms with Gasteiger partial charge in [0.05, 0.1) is 17.2 Å². The molecule has 1 amide bonds. The summed E-state index contributed by atoms with van der Waals surface area (Å²) in [6.45, 7) is 4.16. The number of carbonyl (C=O) groups is 1. The van der Waals surface area contributed by atoms with Crippen LogP contribution in [0.1, 0.15) is 11.1 Å². The SMILES string of the molecule is C=CCN1C(=O)C(Cc2cccc(Cl)c2)SC1=NN=Cc1cn(-c2ccccc2)nc1-c1ccccc1. The number of halogens is 1. The molecule has 37 heavy (non-hydrogen) atoms. The van der Waals surface area contributed by atoms with Gasteiger partial charge in [-0.2, -0.15) is 10.2 Å². The molecular formula is C29H24ClN5OS. The summed E-state index contributed by atoms with van der Waals surface area (Å²) < 4.78 is 1.83. The summed E-state index contributed by atoms with van der Waals surface area (Å²) in [5.41, 5.74) is 4.54. The van der Waals surface area contributed by atoms with Crippen LogP contribution >= 0.6 is 23.4 Å². The molecular weight excluding hydrogens is 502 g/mol. The lowest BCUT2D eigenvalue weighted by Crippen LogP contribution is -2.32. The second-order valence-electron chi connectivity index (χ2n) is 8.38. The summed E-state index contributed by atoms with van der Waals surface area (Å²) >= 11 is 7.54. The molecule has 0 N–H and O–H groups in total. The molecule has 3 aromatic carbocycles. The van der Waals surface area contributed by atoms with Crippen molar-refractivity contribution >= 4 is 40.7 Å². The van der Waals surface area contributed by atoms with E-state index in [0.29, 0.717) is 23.2 Å².